The Labute approximate surface area is 80.5 Å². The van der Waals surface area contributed by atoms with E-state index in [0.29, 0.717) is 6.42 Å². The average Bonchev–Trinajstić information content (AvgIpc) is 2.11. The zero-order valence-electron chi connectivity index (χ0n) is 8.13. The van der Waals surface area contributed by atoms with E-state index in [0.717, 1.165) is 32.1 Å². The summed E-state index contributed by atoms with van der Waals surface area (Å²) in [7, 11) is 0. The molecule has 76 valence electrons. The minimum Gasteiger partial charge on any atom is -0.396 e. The molecule has 5 N–H and O–H groups in total. The molecule has 0 unspecified atom stereocenters. The zero-order chi connectivity index (χ0) is 10.2. The summed E-state index contributed by atoms with van der Waals surface area (Å²) in [5, 5.41) is 8.52. The second-order valence-electron chi connectivity index (χ2n) is 3.43. The van der Waals surface area contributed by atoms with Crippen LogP contribution < -0.4 is 11.5 Å². The molecular formula is C10H20N2O. The van der Waals surface area contributed by atoms with Crippen molar-refractivity contribution in [3.63, 3.8) is 0 Å². The highest BCUT2D eigenvalue weighted by Crippen LogP contribution is 2.08. The molecule has 0 spiro atoms. The smallest absolute Gasteiger partial charge is 0.127 e. The molecule has 0 amide bonds. The van der Waals surface area contributed by atoms with Crippen LogP contribution in [0.2, 0.25) is 0 Å². The summed E-state index contributed by atoms with van der Waals surface area (Å²) in [5.41, 5.74) is 10.2. The van der Waals surface area contributed by atoms with Gasteiger partial charge in [0.25, 0.3) is 0 Å². The van der Waals surface area contributed by atoms with Crippen LogP contribution >= 0.6 is 0 Å². The maximum atomic E-state index is 8.52. The zero-order valence-corrected chi connectivity index (χ0v) is 8.13. The van der Waals surface area contributed by atoms with Gasteiger partial charge in [-0.3, -0.25) is 0 Å². The molecular weight excluding hydrogens is 164 g/mol. The van der Waals surface area contributed by atoms with E-state index in [9.17, 15) is 0 Å². The normalized spacial score (nSPS) is 11.2. The van der Waals surface area contributed by atoms with Gasteiger partial charge in [-0.1, -0.05) is 25.2 Å². The quantitative estimate of drug-likeness (QED) is 0.307. The molecule has 0 aromatic rings. The number of hydrogen-bond donors (Lipinski definition) is 3. The van der Waals surface area contributed by atoms with Crippen molar-refractivity contribution in [1.29, 1.82) is 0 Å². The van der Waals surface area contributed by atoms with Gasteiger partial charge in [0.2, 0.25) is 0 Å². The second-order valence-corrected chi connectivity index (χ2v) is 3.43. The van der Waals surface area contributed by atoms with Crippen molar-refractivity contribution in [2.24, 2.45) is 11.5 Å². The molecule has 0 saturated heterocycles. The molecule has 0 radical (unpaired) electrons. The van der Waals surface area contributed by atoms with E-state index in [1.54, 1.807) is 0 Å². The third kappa shape index (κ3) is 7.79. The van der Waals surface area contributed by atoms with Crippen LogP contribution in [0.25, 0.3) is 0 Å². The Balaban J connectivity index is 3.22. The summed E-state index contributed by atoms with van der Waals surface area (Å²) in [4.78, 5) is 0. The Morgan fingerprint density at radius 3 is 2.15 bits per heavy atom. The van der Waals surface area contributed by atoms with Crippen molar-refractivity contribution in [1.82, 2.24) is 0 Å². The maximum absolute atomic E-state index is 8.52. The van der Waals surface area contributed by atoms with Crippen molar-refractivity contribution >= 4 is 0 Å². The molecule has 0 aliphatic rings. The van der Waals surface area contributed by atoms with Crippen molar-refractivity contribution in [2.75, 3.05) is 6.61 Å². The van der Waals surface area contributed by atoms with E-state index >= 15 is 0 Å². The Kier molecular flexibility index (Phi) is 6.61. The third-order valence-electron chi connectivity index (χ3n) is 2.02. The molecule has 0 rings (SSSR count). The van der Waals surface area contributed by atoms with Gasteiger partial charge >= 0.3 is 0 Å². The predicted molar refractivity (Wildman–Crippen MR) is 54.7 cm³/mol. The van der Waals surface area contributed by atoms with Crippen LogP contribution in [0.5, 0.6) is 0 Å². The van der Waals surface area contributed by atoms with E-state index in [2.05, 4.69) is 5.92 Å². The molecule has 0 aromatic carbocycles. The third-order valence-corrected chi connectivity index (χ3v) is 2.02. The highest BCUT2D eigenvalue weighted by Gasteiger charge is 2.13. The van der Waals surface area contributed by atoms with Gasteiger partial charge < -0.3 is 16.6 Å². The van der Waals surface area contributed by atoms with E-state index in [-0.39, 0.29) is 6.61 Å². The summed E-state index contributed by atoms with van der Waals surface area (Å²) >= 11 is 0. The molecule has 13 heavy (non-hydrogen) atoms. The lowest BCUT2D eigenvalue weighted by Gasteiger charge is -2.16. The van der Waals surface area contributed by atoms with Crippen molar-refractivity contribution in [3.05, 3.63) is 0 Å². The van der Waals surface area contributed by atoms with Gasteiger partial charge in [0.05, 0.1) is 0 Å². The SMILES string of the molecule is C#CC(N)(N)CCCCCCCO. The van der Waals surface area contributed by atoms with Crippen LogP contribution in [-0.4, -0.2) is 17.4 Å². The molecule has 3 heteroatoms. The van der Waals surface area contributed by atoms with Gasteiger partial charge in [-0.2, -0.15) is 0 Å². The average molecular weight is 184 g/mol. The molecule has 0 bridgehead atoms. The van der Waals surface area contributed by atoms with Gasteiger partial charge in [0, 0.05) is 6.61 Å². The number of aliphatic hydroxyl groups is 1. The largest absolute Gasteiger partial charge is 0.396 e. The summed E-state index contributed by atoms with van der Waals surface area (Å²) in [5.74, 6) is 2.36. The van der Waals surface area contributed by atoms with Gasteiger partial charge in [0.1, 0.15) is 5.66 Å². The fraction of sp³-hybridized carbons (Fsp3) is 0.800. The van der Waals surface area contributed by atoms with Gasteiger partial charge in [-0.15, -0.1) is 6.42 Å². The molecule has 0 aliphatic heterocycles. The standard InChI is InChI=1S/C10H20N2O/c1-2-10(11,12)8-6-4-3-5-7-9-13/h1,13H,3-9,11-12H2. The van der Waals surface area contributed by atoms with E-state index in [1.807, 2.05) is 0 Å². The summed E-state index contributed by atoms with van der Waals surface area (Å²) in [6, 6.07) is 0. The monoisotopic (exact) mass is 184 g/mol. The van der Waals surface area contributed by atoms with Crippen LogP contribution in [0.4, 0.5) is 0 Å². The van der Waals surface area contributed by atoms with Crippen LogP contribution in [0.15, 0.2) is 0 Å². The van der Waals surface area contributed by atoms with Crippen molar-refractivity contribution in [3.8, 4) is 12.3 Å². The van der Waals surface area contributed by atoms with Gasteiger partial charge in [-0.25, -0.2) is 0 Å². The Bertz CT molecular complexity index is 161. The van der Waals surface area contributed by atoms with E-state index < -0.39 is 5.66 Å². The topological polar surface area (TPSA) is 72.3 Å². The summed E-state index contributed by atoms with van der Waals surface area (Å²) in [6.45, 7) is 0.280. The molecule has 0 heterocycles. The highest BCUT2D eigenvalue weighted by atomic mass is 16.2. The van der Waals surface area contributed by atoms with Crippen LogP contribution in [0, 0.1) is 12.3 Å². The van der Waals surface area contributed by atoms with Crippen LogP contribution in [0.3, 0.4) is 0 Å². The predicted octanol–water partition coefficient (Wildman–Crippen LogP) is 0.566. The molecule has 0 fully saturated rings. The first kappa shape index (κ1) is 12.4. The first-order valence-corrected chi connectivity index (χ1v) is 4.79. The minimum absolute atomic E-state index is 0.280. The molecule has 0 aliphatic carbocycles. The number of aliphatic hydroxyl groups excluding tert-OH is 1. The Morgan fingerprint density at radius 1 is 1.08 bits per heavy atom. The fourth-order valence-electron chi connectivity index (χ4n) is 1.13. The Morgan fingerprint density at radius 2 is 1.62 bits per heavy atom. The number of terminal acetylenes is 1. The van der Waals surface area contributed by atoms with E-state index in [1.165, 1.54) is 0 Å². The maximum Gasteiger partial charge on any atom is 0.127 e. The first-order valence-electron chi connectivity index (χ1n) is 4.79. The van der Waals surface area contributed by atoms with E-state index in [4.69, 9.17) is 23.0 Å². The molecule has 0 aromatic heterocycles. The van der Waals surface area contributed by atoms with Crippen LogP contribution in [0.1, 0.15) is 38.5 Å². The second kappa shape index (κ2) is 6.90. The molecule has 0 saturated carbocycles. The molecule has 3 nitrogen and oxygen atoms in total. The first-order chi connectivity index (χ1) is 6.12. The minimum atomic E-state index is -0.934. The fourth-order valence-corrected chi connectivity index (χ4v) is 1.13. The number of rotatable bonds is 7. The Hall–Kier alpha value is -0.560. The summed E-state index contributed by atoms with van der Waals surface area (Å²) in [6.07, 6.45) is 10.9. The lowest BCUT2D eigenvalue weighted by Crippen LogP contribution is -2.47. The van der Waals surface area contributed by atoms with Crippen molar-refractivity contribution in [2.45, 2.75) is 44.2 Å². The van der Waals surface area contributed by atoms with Gasteiger partial charge in [-0.05, 0) is 19.3 Å². The van der Waals surface area contributed by atoms with Crippen molar-refractivity contribution < 1.29 is 5.11 Å². The highest BCUT2D eigenvalue weighted by molar-refractivity contribution is 5.06. The number of nitrogens with two attached hydrogens (primary N) is 2. The number of unbranched alkanes of at least 4 members (excludes halogenated alkanes) is 4. The lowest BCUT2D eigenvalue weighted by molar-refractivity contribution is 0.282. The molecule has 0 atom stereocenters. The lowest BCUT2D eigenvalue weighted by atomic mass is 10.0. The summed E-state index contributed by atoms with van der Waals surface area (Å²) < 4.78 is 0. The van der Waals surface area contributed by atoms with Crippen LogP contribution in [-0.2, 0) is 0 Å². The number of hydrogen-bond acceptors (Lipinski definition) is 3. The van der Waals surface area contributed by atoms with Gasteiger partial charge in [0.15, 0.2) is 0 Å².